The van der Waals surface area contributed by atoms with Gasteiger partial charge in [-0.2, -0.15) is 0 Å². The van der Waals surface area contributed by atoms with Crippen LogP contribution in [-0.2, 0) is 9.16 Å². The van der Waals surface area contributed by atoms with E-state index in [1.54, 1.807) is 0 Å². The summed E-state index contributed by atoms with van der Waals surface area (Å²) in [5, 5.41) is 0. The van der Waals surface area contributed by atoms with Crippen molar-refractivity contribution in [2.24, 2.45) is 0 Å². The zero-order chi connectivity index (χ0) is 26.4. The van der Waals surface area contributed by atoms with E-state index in [9.17, 15) is 0 Å². The zero-order valence-corrected chi connectivity index (χ0v) is 26.8. The molecule has 0 amide bonds. The van der Waals surface area contributed by atoms with Gasteiger partial charge in [0.15, 0.2) is 8.32 Å². The fourth-order valence-corrected chi connectivity index (χ4v) is 10.1. The maximum atomic E-state index is 6.86. The van der Waals surface area contributed by atoms with E-state index in [0.717, 1.165) is 13.2 Å². The molecule has 0 aromatic rings. The normalized spacial score (nSPS) is 12.0. The van der Waals surface area contributed by atoms with Gasteiger partial charge >= 0.3 is 0 Å². The van der Waals surface area contributed by atoms with Gasteiger partial charge in [0, 0.05) is 7.11 Å². The molecule has 0 fully saturated rings. The number of hydrogen-bond acceptors (Lipinski definition) is 2. The van der Waals surface area contributed by atoms with E-state index in [4.69, 9.17) is 9.16 Å². The number of rotatable bonds is 31. The summed E-state index contributed by atoms with van der Waals surface area (Å²) in [7, 11) is 0.165. The van der Waals surface area contributed by atoms with Crippen LogP contribution >= 0.6 is 0 Å². The van der Waals surface area contributed by atoms with Gasteiger partial charge in [-0.25, -0.2) is 0 Å². The van der Waals surface area contributed by atoms with Gasteiger partial charge < -0.3 is 9.16 Å². The number of ether oxygens (including phenoxy) is 1. The smallest absolute Gasteiger partial charge is 0.192 e. The number of unbranched alkanes of at least 4 members (excludes halogenated alkanes) is 21. The SMILES string of the molecule is CCCCCCCCCC[Si](CCCCCCCCCC)(CCCCCCCCCC)OCCOC. The molecule has 0 aromatic heterocycles. The first-order chi connectivity index (χ1) is 17.7. The molecule has 0 atom stereocenters. The topological polar surface area (TPSA) is 18.5 Å². The average molecular weight is 527 g/mol. The van der Waals surface area contributed by atoms with Crippen LogP contribution in [-0.4, -0.2) is 28.6 Å². The number of methoxy groups -OCH3 is 1. The standard InChI is InChI=1S/C33H70O2Si/c1-5-8-11-14-17-20-23-26-31-36(35-30-29-34-4,32-27-24-21-18-15-12-9-6-2)33-28-25-22-19-16-13-10-7-3/h5-33H2,1-4H3. The van der Waals surface area contributed by atoms with Crippen molar-refractivity contribution in [1.82, 2.24) is 0 Å². The molecule has 218 valence electrons. The fourth-order valence-electron chi connectivity index (χ4n) is 5.68. The summed E-state index contributed by atoms with van der Waals surface area (Å²) in [6.45, 7) is 8.53. The maximum Gasteiger partial charge on any atom is 0.192 e. The second kappa shape index (κ2) is 29.7. The summed E-state index contributed by atoms with van der Waals surface area (Å²) in [5.74, 6) is 0. The summed E-state index contributed by atoms with van der Waals surface area (Å²) in [6.07, 6.45) is 34.0. The quantitative estimate of drug-likeness (QED) is 0.0660. The van der Waals surface area contributed by atoms with Crippen LogP contribution in [0, 0.1) is 0 Å². The van der Waals surface area contributed by atoms with Crippen LogP contribution in [0.5, 0.6) is 0 Å². The van der Waals surface area contributed by atoms with Crippen LogP contribution < -0.4 is 0 Å². The van der Waals surface area contributed by atoms with E-state index in [1.807, 2.05) is 7.11 Å². The molecule has 0 heterocycles. The van der Waals surface area contributed by atoms with Crippen LogP contribution in [0.15, 0.2) is 0 Å². The van der Waals surface area contributed by atoms with Gasteiger partial charge in [0.1, 0.15) is 0 Å². The molecule has 0 saturated heterocycles. The largest absolute Gasteiger partial charge is 0.414 e. The highest BCUT2D eigenvalue weighted by atomic mass is 28.4. The molecule has 36 heavy (non-hydrogen) atoms. The zero-order valence-electron chi connectivity index (χ0n) is 25.8. The van der Waals surface area contributed by atoms with Gasteiger partial charge in [0.2, 0.25) is 0 Å². The van der Waals surface area contributed by atoms with Crippen LogP contribution in [0.2, 0.25) is 18.1 Å². The predicted octanol–water partition coefficient (Wildman–Crippen LogP) is 12.0. The van der Waals surface area contributed by atoms with E-state index < -0.39 is 8.32 Å². The highest BCUT2D eigenvalue weighted by molar-refractivity contribution is 6.73. The van der Waals surface area contributed by atoms with Crippen molar-refractivity contribution in [3.63, 3.8) is 0 Å². The lowest BCUT2D eigenvalue weighted by molar-refractivity contribution is 0.140. The first-order valence-corrected chi connectivity index (χ1v) is 19.4. The van der Waals surface area contributed by atoms with Crippen molar-refractivity contribution in [2.75, 3.05) is 20.3 Å². The summed E-state index contributed by atoms with van der Waals surface area (Å²) in [5.41, 5.74) is 0. The van der Waals surface area contributed by atoms with Gasteiger partial charge in [0.05, 0.1) is 13.2 Å². The lowest BCUT2D eigenvalue weighted by Gasteiger charge is -2.32. The lowest BCUT2D eigenvalue weighted by atomic mass is 10.1. The van der Waals surface area contributed by atoms with Crippen molar-refractivity contribution in [1.29, 1.82) is 0 Å². The van der Waals surface area contributed by atoms with Gasteiger partial charge in [-0.05, 0) is 18.1 Å². The Kier molecular flexibility index (Phi) is 29.8. The third-order valence-electron chi connectivity index (χ3n) is 8.15. The maximum absolute atomic E-state index is 6.86. The van der Waals surface area contributed by atoms with E-state index in [-0.39, 0.29) is 0 Å². The monoisotopic (exact) mass is 527 g/mol. The summed E-state index contributed by atoms with van der Waals surface area (Å²) < 4.78 is 12.3. The molecule has 0 aromatic carbocycles. The molecule has 2 nitrogen and oxygen atoms in total. The lowest BCUT2D eigenvalue weighted by Crippen LogP contribution is -2.39. The third kappa shape index (κ3) is 24.5. The molecule has 0 saturated carbocycles. The molecule has 0 bridgehead atoms. The predicted molar refractivity (Wildman–Crippen MR) is 166 cm³/mol. The average Bonchev–Trinajstić information content (AvgIpc) is 2.89. The van der Waals surface area contributed by atoms with Crippen LogP contribution in [0.4, 0.5) is 0 Å². The highest BCUT2D eigenvalue weighted by Crippen LogP contribution is 2.31. The van der Waals surface area contributed by atoms with E-state index in [2.05, 4.69) is 20.8 Å². The van der Waals surface area contributed by atoms with Crippen LogP contribution in [0.1, 0.15) is 175 Å². The Hall–Kier alpha value is 0.137. The molecule has 0 spiro atoms. The minimum atomic E-state index is -1.66. The van der Waals surface area contributed by atoms with Crippen molar-refractivity contribution in [3.05, 3.63) is 0 Å². The molecular weight excluding hydrogens is 456 g/mol. The number of hydrogen-bond donors (Lipinski definition) is 0. The van der Waals surface area contributed by atoms with E-state index in [0.29, 0.717) is 0 Å². The second-order valence-electron chi connectivity index (χ2n) is 11.7. The van der Waals surface area contributed by atoms with E-state index >= 15 is 0 Å². The fraction of sp³-hybridized carbons (Fsp3) is 1.00. The first-order valence-electron chi connectivity index (χ1n) is 16.9. The molecule has 0 N–H and O–H groups in total. The van der Waals surface area contributed by atoms with Gasteiger partial charge in [0.25, 0.3) is 0 Å². The summed E-state index contributed by atoms with van der Waals surface area (Å²) in [4.78, 5) is 0. The molecule has 0 unspecified atom stereocenters. The minimum absolute atomic E-state index is 0.765. The van der Waals surface area contributed by atoms with Crippen molar-refractivity contribution in [2.45, 2.75) is 193 Å². The minimum Gasteiger partial charge on any atom is -0.414 e. The van der Waals surface area contributed by atoms with Crippen molar-refractivity contribution in [3.8, 4) is 0 Å². The third-order valence-corrected chi connectivity index (χ3v) is 12.8. The Balaban J connectivity index is 4.60. The molecule has 3 heteroatoms. The molecule has 0 aliphatic carbocycles. The molecule has 0 rings (SSSR count). The second-order valence-corrected chi connectivity index (χ2v) is 15.9. The molecular formula is C33H70O2Si. The van der Waals surface area contributed by atoms with E-state index in [1.165, 1.54) is 172 Å². The van der Waals surface area contributed by atoms with Gasteiger partial charge in [-0.1, -0.05) is 175 Å². The van der Waals surface area contributed by atoms with Gasteiger partial charge in [-0.3, -0.25) is 0 Å². The van der Waals surface area contributed by atoms with Gasteiger partial charge in [-0.15, -0.1) is 0 Å². The van der Waals surface area contributed by atoms with Crippen molar-refractivity contribution >= 4 is 8.32 Å². The summed E-state index contributed by atoms with van der Waals surface area (Å²) >= 11 is 0. The Morgan fingerprint density at radius 3 is 0.917 bits per heavy atom. The molecule has 0 radical (unpaired) electrons. The Labute approximate surface area is 230 Å². The summed E-state index contributed by atoms with van der Waals surface area (Å²) in [6, 6.07) is 4.20. The Morgan fingerprint density at radius 1 is 0.361 bits per heavy atom. The highest BCUT2D eigenvalue weighted by Gasteiger charge is 2.33. The van der Waals surface area contributed by atoms with Crippen molar-refractivity contribution < 1.29 is 9.16 Å². The Bertz CT molecular complexity index is 351. The molecule has 0 aliphatic rings. The van der Waals surface area contributed by atoms with Crippen LogP contribution in [0.3, 0.4) is 0 Å². The molecule has 0 aliphatic heterocycles. The first kappa shape index (κ1) is 36.1. The van der Waals surface area contributed by atoms with Crippen LogP contribution in [0.25, 0.3) is 0 Å². The Morgan fingerprint density at radius 2 is 0.639 bits per heavy atom.